The maximum Gasteiger partial charge on any atom is 0.261 e. The van der Waals surface area contributed by atoms with Crippen LogP contribution in [0.4, 0.5) is 0 Å². The fraction of sp³-hybridized carbons (Fsp3) is 0.435. The number of carbonyl (C=O) groups is 1. The summed E-state index contributed by atoms with van der Waals surface area (Å²) in [6.07, 6.45) is 4.19. The molecule has 0 unspecified atom stereocenters. The monoisotopic (exact) mass is 424 g/mol. The van der Waals surface area contributed by atoms with Gasteiger partial charge in [-0.1, -0.05) is 25.1 Å². The highest BCUT2D eigenvalue weighted by molar-refractivity contribution is 7.10. The highest BCUT2D eigenvalue weighted by atomic mass is 32.1. The average molecular weight is 425 g/mol. The van der Waals surface area contributed by atoms with Crippen molar-refractivity contribution in [3.8, 4) is 0 Å². The molecule has 0 aliphatic carbocycles. The van der Waals surface area contributed by atoms with Crippen LogP contribution in [0.3, 0.4) is 0 Å². The second-order valence-electron chi connectivity index (χ2n) is 8.06. The number of piperidine rings is 1. The van der Waals surface area contributed by atoms with Crippen molar-refractivity contribution in [2.75, 3.05) is 19.6 Å². The van der Waals surface area contributed by atoms with Crippen LogP contribution < -0.4 is 10.9 Å². The highest BCUT2D eigenvalue weighted by Gasteiger charge is 2.25. The molecule has 1 aromatic carbocycles. The summed E-state index contributed by atoms with van der Waals surface area (Å²) in [4.78, 5) is 33.2. The quantitative estimate of drug-likeness (QED) is 0.631. The number of rotatable bonds is 7. The van der Waals surface area contributed by atoms with Crippen LogP contribution in [0.5, 0.6) is 0 Å². The molecule has 1 amide bonds. The molecule has 2 aromatic heterocycles. The molecule has 3 aromatic rings. The smallest absolute Gasteiger partial charge is 0.261 e. The largest absolute Gasteiger partial charge is 0.354 e. The number of thiophene rings is 1. The van der Waals surface area contributed by atoms with Crippen molar-refractivity contribution in [2.45, 2.75) is 38.8 Å². The van der Waals surface area contributed by atoms with E-state index in [1.807, 2.05) is 18.2 Å². The summed E-state index contributed by atoms with van der Waals surface area (Å²) in [5, 5.41) is 5.77. The number of carbonyl (C=O) groups excluding carboxylic acids is 1. The van der Waals surface area contributed by atoms with Crippen molar-refractivity contribution in [2.24, 2.45) is 5.92 Å². The molecular formula is C23H28N4O2S. The third kappa shape index (κ3) is 4.79. The van der Waals surface area contributed by atoms with Gasteiger partial charge in [-0.05, 0) is 55.4 Å². The summed E-state index contributed by atoms with van der Waals surface area (Å²) in [6, 6.07) is 11.7. The Morgan fingerprint density at radius 3 is 2.80 bits per heavy atom. The lowest BCUT2D eigenvalue weighted by atomic mass is 9.97. The second-order valence-corrected chi connectivity index (χ2v) is 9.04. The third-order valence-corrected chi connectivity index (χ3v) is 6.91. The van der Waals surface area contributed by atoms with Gasteiger partial charge in [-0.15, -0.1) is 11.3 Å². The van der Waals surface area contributed by atoms with E-state index < -0.39 is 0 Å². The number of nitrogens with zero attached hydrogens (tertiary/aromatic N) is 3. The molecule has 1 atom stereocenters. The van der Waals surface area contributed by atoms with Crippen molar-refractivity contribution in [3.05, 3.63) is 63.3 Å². The van der Waals surface area contributed by atoms with Crippen molar-refractivity contribution < 1.29 is 4.79 Å². The Bertz CT molecular complexity index is 1040. The first-order valence-electron chi connectivity index (χ1n) is 10.6. The van der Waals surface area contributed by atoms with Crippen LogP contribution in [0.25, 0.3) is 10.9 Å². The van der Waals surface area contributed by atoms with E-state index in [4.69, 9.17) is 0 Å². The van der Waals surface area contributed by atoms with Gasteiger partial charge < -0.3 is 5.32 Å². The molecule has 6 nitrogen and oxygen atoms in total. The van der Waals surface area contributed by atoms with Gasteiger partial charge in [-0.2, -0.15) is 0 Å². The van der Waals surface area contributed by atoms with Gasteiger partial charge in [0.1, 0.15) is 0 Å². The summed E-state index contributed by atoms with van der Waals surface area (Å²) < 4.78 is 1.52. The summed E-state index contributed by atoms with van der Waals surface area (Å²) >= 11 is 1.74. The van der Waals surface area contributed by atoms with Gasteiger partial charge in [0, 0.05) is 24.4 Å². The van der Waals surface area contributed by atoms with Gasteiger partial charge in [0.25, 0.3) is 5.56 Å². The first-order chi connectivity index (χ1) is 14.6. The fourth-order valence-corrected chi connectivity index (χ4v) is 4.88. The number of para-hydroxylation sites is 1. The molecule has 0 spiro atoms. The topological polar surface area (TPSA) is 67.2 Å². The van der Waals surface area contributed by atoms with E-state index in [1.165, 1.54) is 28.6 Å². The predicted molar refractivity (Wildman–Crippen MR) is 121 cm³/mol. The molecule has 0 radical (unpaired) electrons. The Morgan fingerprint density at radius 1 is 1.23 bits per heavy atom. The second kappa shape index (κ2) is 9.53. The number of amides is 1. The van der Waals surface area contributed by atoms with E-state index in [-0.39, 0.29) is 23.9 Å². The average Bonchev–Trinajstić information content (AvgIpc) is 3.29. The Labute approximate surface area is 180 Å². The number of aromatic nitrogens is 2. The molecule has 1 aliphatic heterocycles. The van der Waals surface area contributed by atoms with E-state index >= 15 is 0 Å². The number of likely N-dealkylation sites (tertiary alicyclic amines) is 1. The van der Waals surface area contributed by atoms with Gasteiger partial charge in [-0.3, -0.25) is 19.1 Å². The Hall–Kier alpha value is -2.51. The molecule has 1 N–H and O–H groups in total. The molecule has 1 aliphatic rings. The first-order valence-corrected chi connectivity index (χ1v) is 11.5. The van der Waals surface area contributed by atoms with Crippen LogP contribution in [0.1, 0.15) is 37.1 Å². The zero-order valence-electron chi connectivity index (χ0n) is 17.3. The maximum atomic E-state index is 12.6. The third-order valence-electron chi connectivity index (χ3n) is 5.93. The van der Waals surface area contributed by atoms with Gasteiger partial charge in [0.15, 0.2) is 0 Å². The maximum absolute atomic E-state index is 12.6. The van der Waals surface area contributed by atoms with Crippen molar-refractivity contribution in [1.82, 2.24) is 19.8 Å². The molecule has 0 bridgehead atoms. The molecule has 30 heavy (non-hydrogen) atoms. The molecule has 7 heteroatoms. The van der Waals surface area contributed by atoms with Gasteiger partial charge in [0.2, 0.25) is 5.91 Å². The van der Waals surface area contributed by atoms with Gasteiger partial charge >= 0.3 is 0 Å². The van der Waals surface area contributed by atoms with Crippen LogP contribution >= 0.6 is 11.3 Å². The SMILES string of the molecule is CC1CCN([C@H](CNC(=O)CCn2cnc3ccccc3c2=O)c2cccs2)CC1. The van der Waals surface area contributed by atoms with Crippen LogP contribution in [0, 0.1) is 5.92 Å². The van der Waals surface area contributed by atoms with Gasteiger partial charge in [-0.25, -0.2) is 4.98 Å². The summed E-state index contributed by atoms with van der Waals surface area (Å²) in [7, 11) is 0. The number of benzene rings is 1. The zero-order valence-corrected chi connectivity index (χ0v) is 18.1. The van der Waals surface area contributed by atoms with E-state index in [0.29, 0.717) is 24.0 Å². The summed E-state index contributed by atoms with van der Waals surface area (Å²) in [6.45, 7) is 5.37. The van der Waals surface area contributed by atoms with E-state index in [2.05, 4.69) is 39.6 Å². The molecule has 0 saturated carbocycles. The van der Waals surface area contributed by atoms with E-state index in [0.717, 1.165) is 19.0 Å². The lowest BCUT2D eigenvalue weighted by molar-refractivity contribution is -0.121. The number of nitrogens with one attached hydrogen (secondary N) is 1. The van der Waals surface area contributed by atoms with E-state index in [9.17, 15) is 9.59 Å². The molecule has 1 saturated heterocycles. The molecule has 1 fully saturated rings. The minimum atomic E-state index is -0.104. The van der Waals surface area contributed by atoms with Crippen LogP contribution in [-0.4, -0.2) is 40.0 Å². The molecular weight excluding hydrogens is 396 g/mol. The highest BCUT2D eigenvalue weighted by Crippen LogP contribution is 2.29. The van der Waals surface area contributed by atoms with Crippen LogP contribution in [-0.2, 0) is 11.3 Å². The minimum absolute atomic E-state index is 0.0398. The van der Waals surface area contributed by atoms with Crippen molar-refractivity contribution in [3.63, 3.8) is 0 Å². The standard InChI is InChI=1S/C23H28N4O2S/c1-17-8-11-26(12-9-17)20(21-7-4-14-30-21)15-24-22(28)10-13-27-16-25-19-6-3-2-5-18(19)23(27)29/h2-7,14,16-17,20H,8-13,15H2,1H3,(H,24,28)/t20-/m1/s1. The minimum Gasteiger partial charge on any atom is -0.354 e. The van der Waals surface area contributed by atoms with E-state index in [1.54, 1.807) is 17.4 Å². The molecule has 158 valence electrons. The van der Waals surface area contributed by atoms with Crippen LogP contribution in [0.2, 0.25) is 0 Å². The number of hydrogen-bond acceptors (Lipinski definition) is 5. The Kier molecular flexibility index (Phi) is 6.59. The predicted octanol–water partition coefficient (Wildman–Crippen LogP) is 3.44. The first kappa shape index (κ1) is 20.8. The van der Waals surface area contributed by atoms with Gasteiger partial charge in [0.05, 0.1) is 23.3 Å². The lowest BCUT2D eigenvalue weighted by Gasteiger charge is -2.36. The Morgan fingerprint density at radius 2 is 2.03 bits per heavy atom. The normalized spacial score (nSPS) is 16.6. The Balaban J connectivity index is 1.36. The molecule has 3 heterocycles. The fourth-order valence-electron chi connectivity index (χ4n) is 4.02. The summed E-state index contributed by atoms with van der Waals surface area (Å²) in [5.41, 5.74) is 0.574. The number of hydrogen-bond donors (Lipinski definition) is 1. The number of fused-ring (bicyclic) bond motifs is 1. The van der Waals surface area contributed by atoms with Crippen molar-refractivity contribution in [1.29, 1.82) is 0 Å². The summed E-state index contributed by atoms with van der Waals surface area (Å²) in [5.74, 6) is 0.732. The zero-order chi connectivity index (χ0) is 20.9. The molecule has 4 rings (SSSR count). The van der Waals surface area contributed by atoms with Crippen LogP contribution in [0.15, 0.2) is 52.9 Å². The number of aryl methyl sites for hydroxylation is 1. The lowest BCUT2D eigenvalue weighted by Crippen LogP contribution is -2.41. The van der Waals surface area contributed by atoms with Crippen molar-refractivity contribution >= 4 is 28.1 Å².